The van der Waals surface area contributed by atoms with Crippen LogP contribution in [0.4, 0.5) is 5.69 Å². The Labute approximate surface area is 190 Å². The molecule has 0 spiro atoms. The fourth-order valence-electron chi connectivity index (χ4n) is 4.57. The fraction of sp³-hybridized carbons (Fsp3) is 0.321. The molecule has 4 nitrogen and oxygen atoms in total. The summed E-state index contributed by atoms with van der Waals surface area (Å²) in [5.41, 5.74) is 4.92. The van der Waals surface area contributed by atoms with Crippen molar-refractivity contribution in [3.8, 4) is 11.5 Å². The lowest BCUT2D eigenvalue weighted by atomic mass is 9.81. The van der Waals surface area contributed by atoms with E-state index in [0.29, 0.717) is 12.5 Å². The number of amides is 1. The fourth-order valence-corrected chi connectivity index (χ4v) is 4.57. The SMILES string of the molecule is CCC(C)c1ccc(N(Cc2ccc(O)cc2)C(=O)C2CCCc3c(O)cccc32)cc1. The second-order valence-corrected chi connectivity index (χ2v) is 8.78. The van der Waals surface area contributed by atoms with Crippen molar-refractivity contribution < 1.29 is 15.0 Å². The van der Waals surface area contributed by atoms with Gasteiger partial charge in [-0.25, -0.2) is 0 Å². The Balaban J connectivity index is 1.70. The van der Waals surface area contributed by atoms with Crippen LogP contribution < -0.4 is 4.90 Å². The second kappa shape index (κ2) is 9.47. The average molecular weight is 430 g/mol. The number of aromatic hydroxyl groups is 2. The van der Waals surface area contributed by atoms with Crippen LogP contribution in [-0.2, 0) is 17.8 Å². The maximum absolute atomic E-state index is 13.9. The predicted octanol–water partition coefficient (Wildman–Crippen LogP) is 6.26. The standard InChI is InChI=1S/C28H31NO3/c1-3-19(2)21-12-14-22(15-13-21)29(18-20-10-16-23(30)17-11-20)28(32)26-8-4-7-25-24(26)6-5-9-27(25)31/h5-6,9-17,19,26,30-31H,3-4,7-8,18H2,1-2H3. The van der Waals surface area contributed by atoms with Crippen molar-refractivity contribution in [1.29, 1.82) is 0 Å². The van der Waals surface area contributed by atoms with Gasteiger partial charge in [-0.05, 0) is 84.2 Å². The maximum Gasteiger partial charge on any atom is 0.234 e. The van der Waals surface area contributed by atoms with Gasteiger partial charge in [0.25, 0.3) is 0 Å². The van der Waals surface area contributed by atoms with E-state index in [1.54, 1.807) is 18.2 Å². The predicted molar refractivity (Wildman–Crippen MR) is 128 cm³/mol. The van der Waals surface area contributed by atoms with Gasteiger partial charge in [-0.15, -0.1) is 0 Å². The Kier molecular flexibility index (Phi) is 6.50. The van der Waals surface area contributed by atoms with Crippen LogP contribution in [-0.4, -0.2) is 16.1 Å². The third-order valence-electron chi connectivity index (χ3n) is 6.71. The number of phenolic OH excluding ortho intramolecular Hbond substituents is 2. The van der Waals surface area contributed by atoms with Gasteiger partial charge in [-0.3, -0.25) is 4.79 Å². The summed E-state index contributed by atoms with van der Waals surface area (Å²) in [6, 6.07) is 20.8. The van der Waals surface area contributed by atoms with Gasteiger partial charge in [0, 0.05) is 5.69 Å². The molecule has 0 aromatic heterocycles. The average Bonchev–Trinajstić information content (AvgIpc) is 2.83. The van der Waals surface area contributed by atoms with Crippen LogP contribution in [0, 0.1) is 0 Å². The van der Waals surface area contributed by atoms with E-state index in [1.165, 1.54) is 5.56 Å². The molecule has 2 unspecified atom stereocenters. The van der Waals surface area contributed by atoms with Gasteiger partial charge in [0.2, 0.25) is 5.91 Å². The number of anilines is 1. The van der Waals surface area contributed by atoms with Gasteiger partial charge in [-0.2, -0.15) is 0 Å². The molecule has 0 saturated heterocycles. The molecule has 0 fully saturated rings. The maximum atomic E-state index is 13.9. The van der Waals surface area contributed by atoms with Crippen molar-refractivity contribution in [2.75, 3.05) is 4.90 Å². The van der Waals surface area contributed by atoms with Crippen molar-refractivity contribution in [3.63, 3.8) is 0 Å². The molecule has 2 N–H and O–H groups in total. The Hall–Kier alpha value is -3.27. The molecule has 2 atom stereocenters. The van der Waals surface area contributed by atoms with Crippen LogP contribution in [0.25, 0.3) is 0 Å². The summed E-state index contributed by atoms with van der Waals surface area (Å²) in [5.74, 6) is 0.723. The minimum Gasteiger partial charge on any atom is -0.508 e. The normalized spacial score (nSPS) is 16.2. The number of fused-ring (bicyclic) bond motifs is 1. The number of hydrogen-bond donors (Lipinski definition) is 2. The highest BCUT2D eigenvalue weighted by Crippen LogP contribution is 2.38. The molecule has 0 bridgehead atoms. The molecule has 32 heavy (non-hydrogen) atoms. The first-order valence-electron chi connectivity index (χ1n) is 11.5. The molecule has 3 aromatic carbocycles. The highest BCUT2D eigenvalue weighted by atomic mass is 16.3. The first-order valence-corrected chi connectivity index (χ1v) is 11.5. The van der Waals surface area contributed by atoms with Gasteiger partial charge in [0.15, 0.2) is 0 Å². The lowest BCUT2D eigenvalue weighted by Crippen LogP contribution is -2.36. The van der Waals surface area contributed by atoms with Gasteiger partial charge >= 0.3 is 0 Å². The summed E-state index contributed by atoms with van der Waals surface area (Å²) < 4.78 is 0. The highest BCUT2D eigenvalue weighted by molar-refractivity contribution is 5.98. The number of rotatable bonds is 6. The molecule has 0 saturated carbocycles. The second-order valence-electron chi connectivity index (χ2n) is 8.78. The number of carbonyl (C=O) groups is 1. The summed E-state index contributed by atoms with van der Waals surface area (Å²) >= 11 is 0. The van der Waals surface area contributed by atoms with E-state index in [0.717, 1.165) is 48.1 Å². The van der Waals surface area contributed by atoms with Gasteiger partial charge < -0.3 is 15.1 Å². The van der Waals surface area contributed by atoms with E-state index < -0.39 is 0 Å². The summed E-state index contributed by atoms with van der Waals surface area (Å²) in [4.78, 5) is 15.8. The number of phenols is 2. The van der Waals surface area contributed by atoms with Crippen molar-refractivity contribution in [3.05, 3.63) is 89.0 Å². The molecule has 3 aromatic rings. The molecule has 166 valence electrons. The van der Waals surface area contributed by atoms with E-state index in [1.807, 2.05) is 41.3 Å². The zero-order valence-electron chi connectivity index (χ0n) is 18.8. The third-order valence-corrected chi connectivity index (χ3v) is 6.71. The molecular weight excluding hydrogens is 398 g/mol. The van der Waals surface area contributed by atoms with Gasteiger partial charge in [0.05, 0.1) is 12.5 Å². The number of hydrogen-bond acceptors (Lipinski definition) is 3. The first kappa shape index (κ1) is 21.9. The molecule has 4 rings (SSSR count). The van der Waals surface area contributed by atoms with Gasteiger partial charge in [-0.1, -0.05) is 50.2 Å². The van der Waals surface area contributed by atoms with Crippen molar-refractivity contribution in [2.45, 2.75) is 57.9 Å². The molecular formula is C28H31NO3. The van der Waals surface area contributed by atoms with E-state index >= 15 is 0 Å². The molecule has 0 radical (unpaired) electrons. The van der Waals surface area contributed by atoms with E-state index in [-0.39, 0.29) is 23.3 Å². The van der Waals surface area contributed by atoms with Crippen molar-refractivity contribution in [1.82, 2.24) is 0 Å². The topological polar surface area (TPSA) is 60.8 Å². The third kappa shape index (κ3) is 4.50. The molecule has 4 heteroatoms. The monoisotopic (exact) mass is 429 g/mol. The number of nitrogens with zero attached hydrogens (tertiary/aromatic N) is 1. The molecule has 0 heterocycles. The highest BCUT2D eigenvalue weighted by Gasteiger charge is 2.32. The van der Waals surface area contributed by atoms with Crippen LogP contribution in [0.3, 0.4) is 0 Å². The van der Waals surface area contributed by atoms with Crippen LogP contribution in [0.15, 0.2) is 66.7 Å². The minimum atomic E-state index is -0.280. The number of benzene rings is 3. The Morgan fingerprint density at radius 2 is 1.75 bits per heavy atom. The van der Waals surface area contributed by atoms with Crippen LogP contribution in [0.2, 0.25) is 0 Å². The molecule has 1 aliphatic rings. The van der Waals surface area contributed by atoms with Crippen molar-refractivity contribution >= 4 is 11.6 Å². The zero-order chi connectivity index (χ0) is 22.7. The number of carbonyl (C=O) groups excluding carboxylic acids is 1. The summed E-state index contributed by atoms with van der Waals surface area (Å²) in [7, 11) is 0. The largest absolute Gasteiger partial charge is 0.508 e. The van der Waals surface area contributed by atoms with E-state index in [2.05, 4.69) is 26.0 Å². The molecule has 0 aliphatic heterocycles. The van der Waals surface area contributed by atoms with Crippen LogP contribution >= 0.6 is 0 Å². The summed E-state index contributed by atoms with van der Waals surface area (Å²) in [5, 5.41) is 20.0. The van der Waals surface area contributed by atoms with Gasteiger partial charge in [0.1, 0.15) is 11.5 Å². The Morgan fingerprint density at radius 1 is 1.03 bits per heavy atom. The first-order chi connectivity index (χ1) is 15.5. The zero-order valence-corrected chi connectivity index (χ0v) is 18.8. The van der Waals surface area contributed by atoms with Crippen molar-refractivity contribution in [2.24, 2.45) is 0 Å². The Bertz CT molecular complexity index is 1070. The van der Waals surface area contributed by atoms with Crippen LogP contribution in [0.5, 0.6) is 11.5 Å². The molecule has 1 amide bonds. The molecule has 1 aliphatic carbocycles. The lowest BCUT2D eigenvalue weighted by molar-refractivity contribution is -0.120. The quantitative estimate of drug-likeness (QED) is 0.486. The Morgan fingerprint density at radius 3 is 2.44 bits per heavy atom. The lowest BCUT2D eigenvalue weighted by Gasteiger charge is -2.31. The summed E-state index contributed by atoms with van der Waals surface area (Å²) in [6.45, 7) is 4.81. The van der Waals surface area contributed by atoms with Crippen LogP contribution in [0.1, 0.15) is 67.2 Å². The smallest absolute Gasteiger partial charge is 0.234 e. The summed E-state index contributed by atoms with van der Waals surface area (Å²) in [6.07, 6.45) is 3.51. The minimum absolute atomic E-state index is 0.0425. The van der Waals surface area contributed by atoms with E-state index in [9.17, 15) is 15.0 Å². The van der Waals surface area contributed by atoms with E-state index in [4.69, 9.17) is 0 Å².